The molecule has 0 saturated carbocycles. The zero-order valence-corrected chi connectivity index (χ0v) is 12.9. The molecule has 0 amide bonds. The number of anilines is 1. The van der Waals surface area contributed by atoms with Crippen molar-refractivity contribution in [1.29, 1.82) is 0 Å². The molecule has 0 fully saturated rings. The van der Waals surface area contributed by atoms with Crippen LogP contribution < -0.4 is 5.32 Å². The molecule has 21 heavy (non-hydrogen) atoms. The summed E-state index contributed by atoms with van der Waals surface area (Å²) in [4.78, 5) is 0. The zero-order valence-electron chi connectivity index (χ0n) is 12.9. The molecule has 0 aliphatic carbocycles. The van der Waals surface area contributed by atoms with Crippen LogP contribution in [0.25, 0.3) is 5.69 Å². The van der Waals surface area contributed by atoms with Gasteiger partial charge in [-0.05, 0) is 37.3 Å². The Morgan fingerprint density at radius 3 is 2.95 bits per heavy atom. The maximum absolute atomic E-state index is 5.34. The summed E-state index contributed by atoms with van der Waals surface area (Å²) < 4.78 is 7.41. The highest BCUT2D eigenvalue weighted by atomic mass is 16.5. The fraction of sp³-hybridized carbons (Fsp3) is 0.471. The molecule has 3 rings (SSSR count). The van der Waals surface area contributed by atoms with E-state index in [2.05, 4.69) is 41.2 Å². The minimum absolute atomic E-state index is 0.575. The largest absolute Gasteiger partial charge is 0.378 e. The molecule has 1 aliphatic heterocycles. The predicted molar refractivity (Wildman–Crippen MR) is 85.1 cm³/mol. The molecule has 4 nitrogen and oxygen atoms in total. The van der Waals surface area contributed by atoms with Gasteiger partial charge < -0.3 is 10.1 Å². The molecular formula is C17H23N3O. The van der Waals surface area contributed by atoms with Crippen molar-refractivity contribution in [3.05, 3.63) is 41.1 Å². The third-order valence-electron chi connectivity index (χ3n) is 4.09. The number of benzene rings is 1. The number of rotatable bonds is 4. The summed E-state index contributed by atoms with van der Waals surface area (Å²) in [5.74, 6) is 1.15. The topological polar surface area (TPSA) is 39.1 Å². The molecule has 0 radical (unpaired) electrons. The van der Waals surface area contributed by atoms with E-state index in [0.717, 1.165) is 30.9 Å². The van der Waals surface area contributed by atoms with E-state index in [-0.39, 0.29) is 0 Å². The van der Waals surface area contributed by atoms with Gasteiger partial charge in [-0.25, -0.2) is 4.68 Å². The molecule has 4 heteroatoms. The fourth-order valence-electron chi connectivity index (χ4n) is 3.02. The molecule has 2 aromatic rings. The monoisotopic (exact) mass is 285 g/mol. The Morgan fingerprint density at radius 1 is 1.29 bits per heavy atom. The first kappa shape index (κ1) is 14.1. The quantitative estimate of drug-likeness (QED) is 0.936. The number of methoxy groups -OCH3 is 1. The van der Waals surface area contributed by atoms with E-state index in [1.165, 1.54) is 29.7 Å². The van der Waals surface area contributed by atoms with Gasteiger partial charge in [0.1, 0.15) is 5.82 Å². The molecule has 1 aromatic heterocycles. The van der Waals surface area contributed by atoms with Gasteiger partial charge in [-0.2, -0.15) is 5.10 Å². The van der Waals surface area contributed by atoms with Crippen LogP contribution in [-0.4, -0.2) is 23.4 Å². The second-order valence-electron chi connectivity index (χ2n) is 5.48. The average molecular weight is 285 g/mol. The molecule has 1 N–H and O–H groups in total. The number of para-hydroxylation sites is 1. The van der Waals surface area contributed by atoms with Gasteiger partial charge in [-0.15, -0.1) is 0 Å². The Hall–Kier alpha value is -1.81. The lowest BCUT2D eigenvalue weighted by Crippen LogP contribution is -2.08. The van der Waals surface area contributed by atoms with Crippen molar-refractivity contribution in [1.82, 2.24) is 9.78 Å². The summed E-state index contributed by atoms with van der Waals surface area (Å²) in [7, 11) is 1.73. The average Bonchev–Trinajstić information content (AvgIpc) is 2.71. The first-order chi connectivity index (χ1) is 10.3. The summed E-state index contributed by atoms with van der Waals surface area (Å²) in [5.41, 5.74) is 4.87. The van der Waals surface area contributed by atoms with Crippen molar-refractivity contribution in [2.45, 2.75) is 39.2 Å². The number of aryl methyl sites for hydroxylation is 1. The molecule has 0 atom stereocenters. The van der Waals surface area contributed by atoms with Crippen LogP contribution in [0.3, 0.4) is 0 Å². The van der Waals surface area contributed by atoms with Crippen LogP contribution in [0.4, 0.5) is 5.82 Å². The van der Waals surface area contributed by atoms with Gasteiger partial charge in [0.05, 0.1) is 18.0 Å². The van der Waals surface area contributed by atoms with Gasteiger partial charge in [0, 0.05) is 19.2 Å². The van der Waals surface area contributed by atoms with Crippen molar-refractivity contribution in [2.75, 3.05) is 19.0 Å². The van der Waals surface area contributed by atoms with Crippen LogP contribution in [0.5, 0.6) is 0 Å². The minimum Gasteiger partial charge on any atom is -0.378 e. The van der Waals surface area contributed by atoms with Gasteiger partial charge in [-0.3, -0.25) is 0 Å². The summed E-state index contributed by atoms with van der Waals surface area (Å²) in [6.45, 7) is 3.77. The number of nitrogens with zero attached hydrogens (tertiary/aromatic N) is 2. The van der Waals surface area contributed by atoms with E-state index in [1.807, 2.05) is 0 Å². The molecule has 0 spiro atoms. The minimum atomic E-state index is 0.575. The van der Waals surface area contributed by atoms with Crippen LogP contribution in [-0.2, 0) is 24.2 Å². The first-order valence-corrected chi connectivity index (χ1v) is 7.77. The SMILES string of the molecule is CCc1ccccc1-n1nc(COC)c2c1NCCCC2. The number of aromatic nitrogens is 2. The second kappa shape index (κ2) is 6.31. The maximum atomic E-state index is 5.34. The highest BCUT2D eigenvalue weighted by Crippen LogP contribution is 2.29. The third-order valence-corrected chi connectivity index (χ3v) is 4.09. The van der Waals surface area contributed by atoms with Gasteiger partial charge in [-0.1, -0.05) is 25.1 Å². The lowest BCUT2D eigenvalue weighted by molar-refractivity contribution is 0.180. The highest BCUT2D eigenvalue weighted by molar-refractivity contribution is 5.56. The molecule has 112 valence electrons. The van der Waals surface area contributed by atoms with Crippen LogP contribution in [0.1, 0.15) is 36.6 Å². The van der Waals surface area contributed by atoms with Crippen molar-refractivity contribution >= 4 is 5.82 Å². The lowest BCUT2D eigenvalue weighted by atomic mass is 10.1. The lowest BCUT2D eigenvalue weighted by Gasteiger charge is -2.12. The Balaban J connectivity index is 2.13. The number of ether oxygens (including phenoxy) is 1. The molecule has 0 unspecified atom stereocenters. The van der Waals surface area contributed by atoms with E-state index in [0.29, 0.717) is 6.61 Å². The summed E-state index contributed by atoms with van der Waals surface area (Å²) in [5, 5.41) is 8.40. The van der Waals surface area contributed by atoms with Crippen LogP contribution in [0.15, 0.2) is 24.3 Å². The number of nitrogens with one attached hydrogen (secondary N) is 1. The summed E-state index contributed by atoms with van der Waals surface area (Å²) >= 11 is 0. The van der Waals surface area contributed by atoms with E-state index in [9.17, 15) is 0 Å². The van der Waals surface area contributed by atoms with Gasteiger partial charge >= 0.3 is 0 Å². The second-order valence-corrected chi connectivity index (χ2v) is 5.48. The predicted octanol–water partition coefficient (Wildman–Crippen LogP) is 3.33. The van der Waals surface area contributed by atoms with Gasteiger partial charge in [0.25, 0.3) is 0 Å². The van der Waals surface area contributed by atoms with Gasteiger partial charge in [0.15, 0.2) is 0 Å². The van der Waals surface area contributed by atoms with E-state index in [1.54, 1.807) is 7.11 Å². The van der Waals surface area contributed by atoms with Gasteiger partial charge in [0.2, 0.25) is 0 Å². The molecule has 2 heterocycles. The summed E-state index contributed by atoms with van der Waals surface area (Å²) in [6.07, 6.45) is 4.49. The maximum Gasteiger partial charge on any atom is 0.133 e. The Kier molecular flexibility index (Phi) is 4.25. The Morgan fingerprint density at radius 2 is 2.14 bits per heavy atom. The molecule has 0 bridgehead atoms. The number of hydrogen-bond acceptors (Lipinski definition) is 3. The van der Waals surface area contributed by atoms with E-state index >= 15 is 0 Å². The third kappa shape index (κ3) is 2.68. The molecule has 1 aliphatic rings. The van der Waals surface area contributed by atoms with Crippen molar-refractivity contribution < 1.29 is 4.74 Å². The molecule has 0 saturated heterocycles. The van der Waals surface area contributed by atoms with Crippen molar-refractivity contribution in [3.63, 3.8) is 0 Å². The normalized spacial score (nSPS) is 14.4. The van der Waals surface area contributed by atoms with Crippen LogP contribution in [0.2, 0.25) is 0 Å². The zero-order chi connectivity index (χ0) is 14.7. The number of hydrogen-bond donors (Lipinski definition) is 1. The first-order valence-electron chi connectivity index (χ1n) is 7.77. The molecular weight excluding hydrogens is 262 g/mol. The Labute approximate surface area is 126 Å². The van der Waals surface area contributed by atoms with Crippen molar-refractivity contribution in [2.24, 2.45) is 0 Å². The Bertz CT molecular complexity index is 618. The van der Waals surface area contributed by atoms with Crippen LogP contribution in [0, 0.1) is 0 Å². The highest BCUT2D eigenvalue weighted by Gasteiger charge is 2.21. The van der Waals surface area contributed by atoms with E-state index < -0.39 is 0 Å². The fourth-order valence-corrected chi connectivity index (χ4v) is 3.02. The number of fused-ring (bicyclic) bond motifs is 1. The van der Waals surface area contributed by atoms with Crippen LogP contribution >= 0.6 is 0 Å². The van der Waals surface area contributed by atoms with E-state index in [4.69, 9.17) is 9.84 Å². The van der Waals surface area contributed by atoms with Crippen molar-refractivity contribution in [3.8, 4) is 5.69 Å². The smallest absolute Gasteiger partial charge is 0.133 e. The molecule has 1 aromatic carbocycles. The summed E-state index contributed by atoms with van der Waals surface area (Å²) in [6, 6.07) is 8.49. The standard InChI is InChI=1S/C17H23N3O/c1-3-13-8-4-5-10-16(13)20-17-14(9-6-7-11-18-17)15(19-20)12-21-2/h4-5,8,10,18H,3,6-7,9,11-12H2,1-2H3.